The van der Waals surface area contributed by atoms with Crippen molar-refractivity contribution in [3.63, 3.8) is 0 Å². The van der Waals surface area contributed by atoms with Crippen LogP contribution in [-0.2, 0) is 11.3 Å². The Hall–Kier alpha value is -1.62. The average molecular weight is 254 g/mol. The molecule has 4 nitrogen and oxygen atoms in total. The van der Waals surface area contributed by atoms with Crippen LogP contribution in [-0.4, -0.2) is 48.0 Å². The first-order valence-corrected chi connectivity index (χ1v) is 5.84. The van der Waals surface area contributed by atoms with Crippen molar-refractivity contribution in [1.29, 1.82) is 0 Å². The molecule has 0 heterocycles. The SMILES string of the molecule is CCN(CC(=O)N(C)C)Cc1ccc(O)c(F)c1. The Morgan fingerprint density at radius 2 is 2.06 bits per heavy atom. The van der Waals surface area contributed by atoms with Crippen molar-refractivity contribution in [1.82, 2.24) is 9.80 Å². The van der Waals surface area contributed by atoms with Gasteiger partial charge in [-0.25, -0.2) is 4.39 Å². The van der Waals surface area contributed by atoms with Gasteiger partial charge in [-0.1, -0.05) is 13.0 Å². The van der Waals surface area contributed by atoms with Gasteiger partial charge in [0.2, 0.25) is 5.91 Å². The largest absolute Gasteiger partial charge is 0.505 e. The molecule has 0 bridgehead atoms. The fraction of sp³-hybridized carbons (Fsp3) is 0.462. The number of hydrogen-bond donors (Lipinski definition) is 1. The van der Waals surface area contributed by atoms with Crippen LogP contribution in [0.4, 0.5) is 4.39 Å². The fourth-order valence-electron chi connectivity index (χ4n) is 1.52. The van der Waals surface area contributed by atoms with E-state index in [1.165, 1.54) is 17.0 Å². The highest BCUT2D eigenvalue weighted by molar-refractivity contribution is 5.77. The minimum absolute atomic E-state index is 0.0103. The van der Waals surface area contributed by atoms with E-state index in [0.29, 0.717) is 19.6 Å². The highest BCUT2D eigenvalue weighted by atomic mass is 19.1. The van der Waals surface area contributed by atoms with E-state index in [9.17, 15) is 9.18 Å². The van der Waals surface area contributed by atoms with Crippen LogP contribution in [0.1, 0.15) is 12.5 Å². The average Bonchev–Trinajstić information content (AvgIpc) is 2.32. The molecule has 0 atom stereocenters. The second-order valence-corrected chi connectivity index (χ2v) is 4.38. The molecule has 0 aromatic heterocycles. The number of carbonyl (C=O) groups is 1. The molecule has 100 valence electrons. The number of carbonyl (C=O) groups excluding carboxylic acids is 1. The molecular formula is C13H19FN2O2. The lowest BCUT2D eigenvalue weighted by molar-refractivity contribution is -0.130. The van der Waals surface area contributed by atoms with Crippen molar-refractivity contribution in [2.75, 3.05) is 27.2 Å². The molecule has 1 rings (SSSR count). The monoisotopic (exact) mass is 254 g/mol. The zero-order valence-electron chi connectivity index (χ0n) is 11.0. The van der Waals surface area contributed by atoms with E-state index in [4.69, 9.17) is 5.11 Å². The van der Waals surface area contributed by atoms with E-state index in [-0.39, 0.29) is 11.7 Å². The second kappa shape index (κ2) is 6.35. The van der Waals surface area contributed by atoms with Crippen LogP contribution in [0.25, 0.3) is 0 Å². The van der Waals surface area contributed by atoms with E-state index < -0.39 is 5.82 Å². The van der Waals surface area contributed by atoms with Crippen molar-refractivity contribution < 1.29 is 14.3 Å². The summed E-state index contributed by atoms with van der Waals surface area (Å²) in [7, 11) is 3.41. The number of phenols is 1. The molecule has 0 saturated heterocycles. The molecule has 0 unspecified atom stereocenters. The molecule has 1 amide bonds. The minimum atomic E-state index is -0.637. The molecule has 0 saturated carbocycles. The second-order valence-electron chi connectivity index (χ2n) is 4.38. The molecule has 0 spiro atoms. The Morgan fingerprint density at radius 1 is 1.39 bits per heavy atom. The standard InChI is InChI=1S/C13H19FN2O2/c1-4-16(9-13(18)15(2)3)8-10-5-6-12(17)11(14)7-10/h5-7,17H,4,8-9H2,1-3H3. The summed E-state index contributed by atoms with van der Waals surface area (Å²) in [5.74, 6) is -0.982. The van der Waals surface area contributed by atoms with Crippen LogP contribution < -0.4 is 0 Å². The van der Waals surface area contributed by atoms with Gasteiger partial charge in [0.25, 0.3) is 0 Å². The summed E-state index contributed by atoms with van der Waals surface area (Å²) in [5, 5.41) is 9.10. The predicted octanol–water partition coefficient (Wildman–Crippen LogP) is 1.44. The Labute approximate surface area is 107 Å². The molecule has 0 radical (unpaired) electrons. The van der Waals surface area contributed by atoms with E-state index in [1.54, 1.807) is 20.2 Å². The topological polar surface area (TPSA) is 43.8 Å². The lowest BCUT2D eigenvalue weighted by Gasteiger charge is -2.22. The molecule has 1 aromatic carbocycles. The summed E-state index contributed by atoms with van der Waals surface area (Å²) in [5.41, 5.74) is 0.735. The number of nitrogens with zero attached hydrogens (tertiary/aromatic N) is 2. The lowest BCUT2D eigenvalue weighted by Crippen LogP contribution is -2.36. The van der Waals surface area contributed by atoms with Gasteiger partial charge in [0.1, 0.15) is 0 Å². The highest BCUT2D eigenvalue weighted by Gasteiger charge is 2.12. The molecule has 0 aliphatic carbocycles. The van der Waals surface area contributed by atoms with E-state index >= 15 is 0 Å². The maximum Gasteiger partial charge on any atom is 0.236 e. The zero-order chi connectivity index (χ0) is 13.7. The summed E-state index contributed by atoms with van der Waals surface area (Å²) in [4.78, 5) is 15.0. The Balaban J connectivity index is 2.68. The smallest absolute Gasteiger partial charge is 0.236 e. The first-order valence-electron chi connectivity index (χ1n) is 5.84. The van der Waals surface area contributed by atoms with Gasteiger partial charge in [0.15, 0.2) is 11.6 Å². The van der Waals surface area contributed by atoms with Crippen LogP contribution in [0.2, 0.25) is 0 Å². The van der Waals surface area contributed by atoms with E-state index in [0.717, 1.165) is 5.56 Å². The summed E-state index contributed by atoms with van der Waals surface area (Å²) in [6, 6.07) is 4.27. The number of likely N-dealkylation sites (N-methyl/N-ethyl adjacent to an activating group) is 2. The summed E-state index contributed by atoms with van der Waals surface area (Å²) in [6.45, 7) is 3.42. The lowest BCUT2D eigenvalue weighted by atomic mass is 10.2. The van der Waals surface area contributed by atoms with Crippen molar-refractivity contribution in [3.05, 3.63) is 29.6 Å². The molecule has 1 aromatic rings. The van der Waals surface area contributed by atoms with Crippen molar-refractivity contribution in [2.24, 2.45) is 0 Å². The van der Waals surface area contributed by atoms with Crippen LogP contribution in [0.3, 0.4) is 0 Å². The Kier molecular flexibility index (Phi) is 5.09. The summed E-state index contributed by atoms with van der Waals surface area (Å²) in [6.07, 6.45) is 0. The molecular weight excluding hydrogens is 235 g/mol. The van der Waals surface area contributed by atoms with Gasteiger partial charge in [-0.05, 0) is 24.2 Å². The maximum atomic E-state index is 13.2. The van der Waals surface area contributed by atoms with Crippen LogP contribution in [0, 0.1) is 5.82 Å². The van der Waals surface area contributed by atoms with Crippen LogP contribution in [0.15, 0.2) is 18.2 Å². The summed E-state index contributed by atoms with van der Waals surface area (Å²) >= 11 is 0. The predicted molar refractivity (Wildman–Crippen MR) is 67.7 cm³/mol. The summed E-state index contributed by atoms with van der Waals surface area (Å²) < 4.78 is 13.2. The van der Waals surface area contributed by atoms with Gasteiger partial charge in [-0.3, -0.25) is 9.69 Å². The van der Waals surface area contributed by atoms with Crippen LogP contribution >= 0.6 is 0 Å². The van der Waals surface area contributed by atoms with Crippen molar-refractivity contribution >= 4 is 5.91 Å². The van der Waals surface area contributed by atoms with Gasteiger partial charge < -0.3 is 10.0 Å². The van der Waals surface area contributed by atoms with Crippen molar-refractivity contribution in [3.8, 4) is 5.75 Å². The quantitative estimate of drug-likeness (QED) is 0.864. The fourth-order valence-corrected chi connectivity index (χ4v) is 1.52. The van der Waals surface area contributed by atoms with Gasteiger partial charge in [0, 0.05) is 20.6 Å². The van der Waals surface area contributed by atoms with Gasteiger partial charge in [0.05, 0.1) is 6.54 Å². The molecule has 5 heteroatoms. The third kappa shape index (κ3) is 4.00. The number of benzene rings is 1. The molecule has 18 heavy (non-hydrogen) atoms. The number of amides is 1. The number of hydrogen-bond acceptors (Lipinski definition) is 3. The van der Waals surface area contributed by atoms with E-state index in [1.807, 2.05) is 11.8 Å². The van der Waals surface area contributed by atoms with Crippen molar-refractivity contribution in [2.45, 2.75) is 13.5 Å². The van der Waals surface area contributed by atoms with Crippen LogP contribution in [0.5, 0.6) is 5.75 Å². The number of rotatable bonds is 5. The highest BCUT2D eigenvalue weighted by Crippen LogP contribution is 2.17. The Morgan fingerprint density at radius 3 is 2.56 bits per heavy atom. The zero-order valence-corrected chi connectivity index (χ0v) is 11.0. The first-order chi connectivity index (χ1) is 8.43. The third-order valence-corrected chi connectivity index (χ3v) is 2.72. The molecule has 0 fully saturated rings. The number of halogens is 1. The number of aromatic hydroxyl groups is 1. The molecule has 0 aliphatic rings. The van der Waals surface area contributed by atoms with E-state index in [2.05, 4.69) is 0 Å². The first kappa shape index (κ1) is 14.4. The maximum absolute atomic E-state index is 13.2. The molecule has 0 aliphatic heterocycles. The van der Waals surface area contributed by atoms with Gasteiger partial charge in [-0.15, -0.1) is 0 Å². The van der Waals surface area contributed by atoms with Gasteiger partial charge >= 0.3 is 0 Å². The Bertz CT molecular complexity index is 421. The number of phenolic OH excluding ortho intramolecular Hbond substituents is 1. The van der Waals surface area contributed by atoms with Gasteiger partial charge in [-0.2, -0.15) is 0 Å². The minimum Gasteiger partial charge on any atom is -0.505 e. The third-order valence-electron chi connectivity index (χ3n) is 2.72. The molecule has 1 N–H and O–H groups in total. The normalized spacial score (nSPS) is 10.7.